The first kappa shape index (κ1) is 27.3. The molecule has 1 heterocycles. The van der Waals surface area contributed by atoms with E-state index in [1.54, 1.807) is 59.4 Å². The number of nitriles is 2. The van der Waals surface area contributed by atoms with E-state index in [0.717, 1.165) is 10.9 Å². The van der Waals surface area contributed by atoms with Gasteiger partial charge in [0.1, 0.15) is 23.7 Å². The fraction of sp³-hybridized carbons (Fsp3) is 0.129. The third-order valence-corrected chi connectivity index (χ3v) is 6.66. The zero-order valence-corrected chi connectivity index (χ0v) is 21.6. The highest BCUT2D eigenvalue weighted by atomic mass is 19.4. The molecule has 1 aromatic heterocycles. The number of rotatable bonds is 7. The molecule has 0 bridgehead atoms. The van der Waals surface area contributed by atoms with Gasteiger partial charge in [0, 0.05) is 18.0 Å². The van der Waals surface area contributed by atoms with Gasteiger partial charge in [0.2, 0.25) is 0 Å². The van der Waals surface area contributed by atoms with Gasteiger partial charge in [0.25, 0.3) is 0 Å². The number of aliphatic hydroxyl groups is 1. The van der Waals surface area contributed by atoms with Gasteiger partial charge in [-0.05, 0) is 71.3 Å². The molecule has 0 saturated carbocycles. The smallest absolute Gasteiger partial charge is 0.489 e. The van der Waals surface area contributed by atoms with Crippen LogP contribution in [0.1, 0.15) is 22.3 Å². The van der Waals surface area contributed by atoms with E-state index in [0.29, 0.717) is 39.1 Å². The normalized spacial score (nSPS) is 12.8. The van der Waals surface area contributed by atoms with Crippen molar-refractivity contribution >= 4 is 10.9 Å². The maximum absolute atomic E-state index is 12.6. The molecule has 4 aromatic carbocycles. The highest BCUT2D eigenvalue weighted by Gasteiger charge is 2.34. The molecule has 0 amide bonds. The largest absolute Gasteiger partial charge is 0.573 e. The van der Waals surface area contributed by atoms with Crippen LogP contribution in [0.4, 0.5) is 13.2 Å². The molecule has 0 radical (unpaired) electrons. The summed E-state index contributed by atoms with van der Waals surface area (Å²) >= 11 is 0. The maximum Gasteiger partial charge on any atom is 0.573 e. The SMILES string of the molecule is Cn1ncc2cc(C(O)(COc3ccc(C#N)cc3-c3ccc(OC(F)(F)F)cc3)c3ccc(C#N)cc3)ccc21. The highest BCUT2D eigenvalue weighted by Crippen LogP contribution is 2.37. The molecule has 0 spiro atoms. The molecule has 0 aliphatic heterocycles. The van der Waals surface area contributed by atoms with Gasteiger partial charge in [-0.2, -0.15) is 15.6 Å². The number of alkyl halides is 3. The van der Waals surface area contributed by atoms with E-state index in [4.69, 9.17) is 4.74 Å². The fourth-order valence-corrected chi connectivity index (χ4v) is 4.54. The van der Waals surface area contributed by atoms with Gasteiger partial charge in [0.05, 0.1) is 35.0 Å². The van der Waals surface area contributed by atoms with Crippen molar-refractivity contribution in [3.05, 3.63) is 113 Å². The second-order valence-electron chi connectivity index (χ2n) is 9.27. The number of nitrogens with zero attached hydrogens (tertiary/aromatic N) is 4. The van der Waals surface area contributed by atoms with E-state index in [-0.39, 0.29) is 12.4 Å². The Morgan fingerprint density at radius 2 is 1.51 bits per heavy atom. The van der Waals surface area contributed by atoms with E-state index >= 15 is 0 Å². The first-order chi connectivity index (χ1) is 19.6. The molecular weight excluding hydrogens is 533 g/mol. The van der Waals surface area contributed by atoms with E-state index in [9.17, 15) is 28.8 Å². The summed E-state index contributed by atoms with van der Waals surface area (Å²) in [7, 11) is 1.81. The summed E-state index contributed by atoms with van der Waals surface area (Å²) in [5.41, 5.74) is 1.84. The minimum atomic E-state index is -4.83. The van der Waals surface area contributed by atoms with Crippen LogP contribution in [-0.4, -0.2) is 27.9 Å². The zero-order valence-electron chi connectivity index (χ0n) is 21.6. The van der Waals surface area contributed by atoms with Crippen molar-refractivity contribution in [3.8, 4) is 34.8 Å². The van der Waals surface area contributed by atoms with Crippen molar-refractivity contribution in [2.75, 3.05) is 6.61 Å². The van der Waals surface area contributed by atoms with Gasteiger partial charge in [0.15, 0.2) is 0 Å². The third-order valence-electron chi connectivity index (χ3n) is 6.66. The van der Waals surface area contributed by atoms with Crippen molar-refractivity contribution in [1.82, 2.24) is 9.78 Å². The predicted molar refractivity (Wildman–Crippen MR) is 144 cm³/mol. The maximum atomic E-state index is 12.6. The average molecular weight is 555 g/mol. The van der Waals surface area contributed by atoms with Crippen LogP contribution < -0.4 is 9.47 Å². The van der Waals surface area contributed by atoms with Crippen LogP contribution in [-0.2, 0) is 12.6 Å². The van der Waals surface area contributed by atoms with Gasteiger partial charge >= 0.3 is 6.36 Å². The summed E-state index contributed by atoms with van der Waals surface area (Å²) in [6, 6.07) is 25.9. The number of hydrogen-bond acceptors (Lipinski definition) is 6. The predicted octanol–water partition coefficient (Wildman–Crippen LogP) is 6.20. The first-order valence-corrected chi connectivity index (χ1v) is 12.3. The third kappa shape index (κ3) is 5.69. The summed E-state index contributed by atoms with van der Waals surface area (Å²) in [5.74, 6) is -0.0934. The van der Waals surface area contributed by atoms with Crippen LogP contribution in [0.2, 0.25) is 0 Å². The number of aromatic nitrogens is 2. The molecule has 41 heavy (non-hydrogen) atoms. The molecule has 10 heteroatoms. The molecule has 5 aromatic rings. The lowest BCUT2D eigenvalue weighted by Gasteiger charge is -2.30. The number of ether oxygens (including phenoxy) is 2. The minimum Gasteiger partial charge on any atom is -0.489 e. The van der Waals surface area contributed by atoms with Crippen LogP contribution in [0, 0.1) is 22.7 Å². The standard InChI is InChI=1S/C31H21F3N4O3/c1-38-28-12-9-25(15-23(28)18-37-38)30(39,24-7-2-20(16-35)3-8-24)19-40-29-13-4-21(17-36)14-27(29)22-5-10-26(11-6-22)41-31(32,33)34/h2-15,18,39H,19H2,1H3. The second kappa shape index (κ2) is 10.7. The number of fused-ring (bicyclic) bond motifs is 1. The van der Waals surface area contributed by atoms with Gasteiger partial charge in [-0.15, -0.1) is 13.2 Å². The quantitative estimate of drug-likeness (QED) is 0.257. The molecule has 5 rings (SSSR count). The van der Waals surface area contributed by atoms with E-state index in [2.05, 4.69) is 15.9 Å². The van der Waals surface area contributed by atoms with Crippen molar-refractivity contribution in [1.29, 1.82) is 10.5 Å². The zero-order chi connectivity index (χ0) is 29.2. The van der Waals surface area contributed by atoms with E-state index in [1.165, 1.54) is 24.3 Å². The molecule has 7 nitrogen and oxygen atoms in total. The van der Waals surface area contributed by atoms with Crippen molar-refractivity contribution in [2.45, 2.75) is 12.0 Å². The Morgan fingerprint density at radius 1 is 0.854 bits per heavy atom. The van der Waals surface area contributed by atoms with Crippen molar-refractivity contribution in [2.24, 2.45) is 7.05 Å². The molecule has 1 atom stereocenters. The summed E-state index contributed by atoms with van der Waals surface area (Å²) in [4.78, 5) is 0. The van der Waals surface area contributed by atoms with E-state index in [1.807, 2.05) is 25.2 Å². The van der Waals surface area contributed by atoms with Crippen LogP contribution in [0.3, 0.4) is 0 Å². The topological polar surface area (TPSA) is 104 Å². The number of hydrogen-bond donors (Lipinski definition) is 1. The fourth-order valence-electron chi connectivity index (χ4n) is 4.54. The molecule has 0 aliphatic rings. The molecule has 204 valence electrons. The minimum absolute atomic E-state index is 0.265. The molecular formula is C31H21F3N4O3. The lowest BCUT2D eigenvalue weighted by atomic mass is 9.86. The Kier molecular flexibility index (Phi) is 7.10. The number of benzene rings is 4. The Hall–Kier alpha value is -5.32. The highest BCUT2D eigenvalue weighted by molar-refractivity contribution is 5.80. The van der Waals surface area contributed by atoms with Crippen LogP contribution in [0.5, 0.6) is 11.5 Å². The Bertz CT molecular complexity index is 1800. The summed E-state index contributed by atoms with van der Waals surface area (Å²) < 4.78 is 49.8. The number of halogens is 3. The van der Waals surface area contributed by atoms with Gasteiger partial charge < -0.3 is 14.6 Å². The Labute approximate surface area is 232 Å². The van der Waals surface area contributed by atoms with Crippen LogP contribution in [0.25, 0.3) is 22.0 Å². The Balaban J connectivity index is 1.53. The Morgan fingerprint density at radius 3 is 2.17 bits per heavy atom. The summed E-state index contributed by atoms with van der Waals surface area (Å²) in [6.45, 7) is -0.265. The van der Waals surface area contributed by atoms with Crippen LogP contribution >= 0.6 is 0 Å². The lowest BCUT2D eigenvalue weighted by Crippen LogP contribution is -2.34. The van der Waals surface area contributed by atoms with Crippen LogP contribution in [0.15, 0.2) is 91.1 Å². The van der Waals surface area contributed by atoms with E-state index < -0.39 is 12.0 Å². The first-order valence-electron chi connectivity index (χ1n) is 12.3. The molecule has 1 N–H and O–H groups in total. The van der Waals surface area contributed by atoms with Crippen molar-refractivity contribution in [3.63, 3.8) is 0 Å². The summed E-state index contributed by atoms with van der Waals surface area (Å²) in [6.07, 6.45) is -3.14. The molecule has 0 aliphatic carbocycles. The average Bonchev–Trinajstić information content (AvgIpc) is 3.35. The van der Waals surface area contributed by atoms with Crippen molar-refractivity contribution < 1.29 is 27.8 Å². The second-order valence-corrected chi connectivity index (χ2v) is 9.27. The molecule has 0 fully saturated rings. The summed E-state index contributed by atoms with van der Waals surface area (Å²) in [5, 5.41) is 35.9. The van der Waals surface area contributed by atoms with Gasteiger partial charge in [-0.1, -0.05) is 30.3 Å². The lowest BCUT2D eigenvalue weighted by molar-refractivity contribution is -0.274. The monoisotopic (exact) mass is 554 g/mol. The van der Waals surface area contributed by atoms with Gasteiger partial charge in [-0.25, -0.2) is 0 Å². The molecule has 1 unspecified atom stereocenters. The molecule has 0 saturated heterocycles. The number of aryl methyl sites for hydroxylation is 1. The van der Waals surface area contributed by atoms with Gasteiger partial charge in [-0.3, -0.25) is 4.68 Å².